The highest BCUT2D eigenvalue weighted by molar-refractivity contribution is 7.92. The lowest BCUT2D eigenvalue weighted by atomic mass is 10.3. The predicted octanol–water partition coefficient (Wildman–Crippen LogP) is 2.72. The summed E-state index contributed by atoms with van der Waals surface area (Å²) in [5.74, 6) is -1.47. The van der Waals surface area contributed by atoms with E-state index in [1.165, 1.54) is 6.07 Å². The second-order valence-electron chi connectivity index (χ2n) is 4.51. The van der Waals surface area contributed by atoms with Crippen LogP contribution in [-0.4, -0.2) is 18.6 Å². The van der Waals surface area contributed by atoms with Gasteiger partial charge in [-0.25, -0.2) is 8.78 Å². The van der Waals surface area contributed by atoms with E-state index in [0.29, 0.717) is 6.07 Å². The van der Waals surface area contributed by atoms with Crippen molar-refractivity contribution in [2.24, 2.45) is 0 Å². The lowest BCUT2D eigenvalue weighted by Gasteiger charge is -2.05. The third-order valence-electron chi connectivity index (χ3n) is 2.70. The van der Waals surface area contributed by atoms with Crippen LogP contribution >= 0.6 is 0 Å². The summed E-state index contributed by atoms with van der Waals surface area (Å²) in [5.41, 5.74) is -0.269. The summed E-state index contributed by atoms with van der Waals surface area (Å²) in [6.45, 7) is 1.57. The molecule has 0 spiro atoms. The topological polar surface area (TPSA) is 98.2 Å². The normalized spacial score (nSPS) is 11.6. The Labute approximate surface area is 129 Å². The summed E-state index contributed by atoms with van der Waals surface area (Å²) in [6.07, 6.45) is 0. The first-order chi connectivity index (χ1) is 10.8. The van der Waals surface area contributed by atoms with Gasteiger partial charge in [-0.3, -0.25) is 4.72 Å². The van der Waals surface area contributed by atoms with Crippen molar-refractivity contribution in [3.8, 4) is 11.7 Å². The van der Waals surface area contributed by atoms with Gasteiger partial charge in [-0.05, 0) is 24.3 Å². The first-order valence-electron chi connectivity index (χ1n) is 6.23. The van der Waals surface area contributed by atoms with Crippen LogP contribution in [0.5, 0.6) is 0 Å². The minimum absolute atomic E-state index is 0.0146. The smallest absolute Gasteiger partial charge is 0.295 e. The molecule has 0 saturated heterocycles. The number of furan rings is 1. The maximum Gasteiger partial charge on any atom is 0.295 e. The van der Waals surface area contributed by atoms with Crippen LogP contribution in [0, 0.1) is 18.6 Å². The molecule has 0 aliphatic heterocycles. The fourth-order valence-corrected chi connectivity index (χ4v) is 2.77. The van der Waals surface area contributed by atoms with Crippen LogP contribution in [-0.2, 0) is 10.0 Å². The number of nitrogens with one attached hydrogen (secondary N) is 1. The van der Waals surface area contributed by atoms with E-state index in [0.717, 1.165) is 18.2 Å². The van der Waals surface area contributed by atoms with Crippen molar-refractivity contribution in [3.05, 3.63) is 47.9 Å². The lowest BCUT2D eigenvalue weighted by Crippen LogP contribution is -2.12. The Kier molecular flexibility index (Phi) is 3.60. The predicted molar refractivity (Wildman–Crippen MR) is 73.9 cm³/mol. The molecule has 0 atom stereocenters. The molecule has 0 unspecified atom stereocenters. The molecule has 0 amide bonds. The number of anilines is 1. The SMILES string of the molecule is Cc1nnc(-c2ccc(S(=O)(=O)Nc3cc(F)cc(F)c3)o2)o1. The molecule has 0 radical (unpaired) electrons. The minimum Gasteiger partial charge on any atom is -0.438 e. The molecular weight excluding hydrogens is 332 g/mol. The van der Waals surface area contributed by atoms with Gasteiger partial charge >= 0.3 is 0 Å². The van der Waals surface area contributed by atoms with E-state index in [9.17, 15) is 17.2 Å². The van der Waals surface area contributed by atoms with Crippen molar-refractivity contribution in [3.63, 3.8) is 0 Å². The largest absolute Gasteiger partial charge is 0.438 e. The fourth-order valence-electron chi connectivity index (χ4n) is 1.79. The van der Waals surface area contributed by atoms with Crippen molar-refractivity contribution >= 4 is 15.7 Å². The molecule has 10 heteroatoms. The highest BCUT2D eigenvalue weighted by atomic mass is 32.2. The zero-order valence-electron chi connectivity index (χ0n) is 11.6. The zero-order valence-corrected chi connectivity index (χ0v) is 12.4. The van der Waals surface area contributed by atoms with Crippen molar-refractivity contribution in [2.75, 3.05) is 4.72 Å². The van der Waals surface area contributed by atoms with Gasteiger partial charge in [-0.15, -0.1) is 10.2 Å². The van der Waals surface area contributed by atoms with Crippen molar-refractivity contribution in [1.29, 1.82) is 0 Å². The first kappa shape index (κ1) is 15.2. The van der Waals surface area contributed by atoms with Crippen LogP contribution in [0.25, 0.3) is 11.7 Å². The molecule has 3 rings (SSSR count). The van der Waals surface area contributed by atoms with Gasteiger partial charge < -0.3 is 8.83 Å². The molecule has 0 bridgehead atoms. The number of halogens is 2. The molecule has 1 aromatic carbocycles. The van der Waals surface area contributed by atoms with E-state index in [2.05, 4.69) is 10.2 Å². The molecule has 3 aromatic rings. The number of hydrogen-bond acceptors (Lipinski definition) is 6. The van der Waals surface area contributed by atoms with E-state index in [1.807, 2.05) is 4.72 Å². The molecule has 2 heterocycles. The van der Waals surface area contributed by atoms with Crippen LogP contribution in [0.2, 0.25) is 0 Å². The van der Waals surface area contributed by atoms with Crippen LogP contribution in [0.15, 0.2) is 44.3 Å². The fraction of sp³-hybridized carbons (Fsp3) is 0.0769. The number of rotatable bonds is 4. The Balaban J connectivity index is 1.89. The van der Waals surface area contributed by atoms with Crippen LogP contribution < -0.4 is 4.72 Å². The summed E-state index contributed by atoms with van der Waals surface area (Å²) < 4.78 is 62.8. The maximum atomic E-state index is 13.1. The van der Waals surface area contributed by atoms with Gasteiger partial charge in [0.1, 0.15) is 11.6 Å². The van der Waals surface area contributed by atoms with Crippen molar-refractivity contribution in [2.45, 2.75) is 12.0 Å². The summed E-state index contributed by atoms with van der Waals surface area (Å²) in [7, 11) is -4.17. The van der Waals surface area contributed by atoms with E-state index in [4.69, 9.17) is 8.83 Å². The summed E-state index contributed by atoms with van der Waals surface area (Å²) in [6, 6.07) is 4.79. The minimum atomic E-state index is -4.17. The Bertz CT molecular complexity index is 945. The first-order valence-corrected chi connectivity index (χ1v) is 7.71. The number of aryl methyl sites for hydroxylation is 1. The van der Waals surface area contributed by atoms with Gasteiger partial charge in [0.25, 0.3) is 15.9 Å². The molecule has 120 valence electrons. The van der Waals surface area contributed by atoms with E-state index in [-0.39, 0.29) is 23.2 Å². The monoisotopic (exact) mass is 341 g/mol. The second-order valence-corrected chi connectivity index (χ2v) is 6.12. The van der Waals surface area contributed by atoms with E-state index >= 15 is 0 Å². The van der Waals surface area contributed by atoms with Gasteiger partial charge in [-0.2, -0.15) is 8.42 Å². The lowest BCUT2D eigenvalue weighted by molar-refractivity contribution is 0.439. The van der Waals surface area contributed by atoms with Gasteiger partial charge in [0.05, 0.1) is 5.69 Å². The molecule has 0 aliphatic carbocycles. The van der Waals surface area contributed by atoms with Crippen molar-refractivity contribution < 1.29 is 26.0 Å². The molecule has 0 saturated carbocycles. The van der Waals surface area contributed by atoms with E-state index in [1.54, 1.807) is 6.92 Å². The Morgan fingerprint density at radius 1 is 1.04 bits per heavy atom. The van der Waals surface area contributed by atoms with Crippen LogP contribution in [0.3, 0.4) is 0 Å². The number of aromatic nitrogens is 2. The van der Waals surface area contributed by atoms with Gasteiger partial charge in [-0.1, -0.05) is 0 Å². The number of nitrogens with zero attached hydrogens (tertiary/aromatic N) is 2. The molecular formula is C13H9F2N3O4S. The highest BCUT2D eigenvalue weighted by Crippen LogP contribution is 2.25. The van der Waals surface area contributed by atoms with Gasteiger partial charge in [0, 0.05) is 13.0 Å². The molecule has 0 aliphatic rings. The molecule has 0 fully saturated rings. The van der Waals surface area contributed by atoms with Gasteiger partial charge in [0.15, 0.2) is 5.76 Å². The average molecular weight is 341 g/mol. The highest BCUT2D eigenvalue weighted by Gasteiger charge is 2.21. The van der Waals surface area contributed by atoms with Gasteiger partial charge in [0.2, 0.25) is 11.0 Å². The van der Waals surface area contributed by atoms with Crippen molar-refractivity contribution in [1.82, 2.24) is 10.2 Å². The molecule has 7 nitrogen and oxygen atoms in total. The Hall–Kier alpha value is -2.75. The number of sulfonamides is 1. The Morgan fingerprint density at radius 2 is 1.74 bits per heavy atom. The third kappa shape index (κ3) is 3.21. The molecule has 23 heavy (non-hydrogen) atoms. The van der Waals surface area contributed by atoms with E-state index < -0.39 is 26.8 Å². The Morgan fingerprint density at radius 3 is 2.35 bits per heavy atom. The molecule has 1 N–H and O–H groups in total. The second kappa shape index (κ2) is 5.47. The summed E-state index contributed by atoms with van der Waals surface area (Å²) in [5, 5.41) is 6.83. The van der Waals surface area contributed by atoms with Crippen LogP contribution in [0.1, 0.15) is 5.89 Å². The summed E-state index contributed by atoms with van der Waals surface area (Å²) in [4.78, 5) is 0. The number of benzene rings is 1. The number of hydrogen-bond donors (Lipinski definition) is 1. The summed E-state index contributed by atoms with van der Waals surface area (Å²) >= 11 is 0. The van der Waals surface area contributed by atoms with Crippen LogP contribution in [0.4, 0.5) is 14.5 Å². The molecule has 2 aromatic heterocycles. The quantitative estimate of drug-likeness (QED) is 0.783. The average Bonchev–Trinajstić information content (AvgIpc) is 3.05. The standard InChI is InChI=1S/C13H9F2N3O4S/c1-7-16-17-13(21-7)11-2-3-12(22-11)23(19,20)18-10-5-8(14)4-9(15)6-10/h2-6,18H,1H3. The maximum absolute atomic E-state index is 13.1. The third-order valence-corrected chi connectivity index (χ3v) is 3.95. The zero-order chi connectivity index (χ0) is 16.6.